The number of nitrogen functional groups attached to an aromatic ring is 2. The Bertz CT molecular complexity index is 423. The third kappa shape index (κ3) is 3.24. The summed E-state index contributed by atoms with van der Waals surface area (Å²) >= 11 is 5.19. The minimum absolute atomic E-state index is 0.000900. The maximum Gasteiger partial charge on any atom is 0.326 e. The Balaban J connectivity index is 2.66. The Morgan fingerprint density at radius 2 is 2.12 bits per heavy atom. The molecule has 0 aliphatic heterocycles. The second kappa shape index (κ2) is 5.12. The number of anilines is 3. The lowest BCUT2D eigenvalue weighted by Gasteiger charge is -2.07. The van der Waals surface area contributed by atoms with Gasteiger partial charge in [-0.25, -0.2) is 9.78 Å². The van der Waals surface area contributed by atoms with Crippen LogP contribution >= 0.6 is 11.6 Å². The molecule has 0 fully saturated rings. The Morgan fingerprint density at radius 1 is 1.44 bits per heavy atom. The molecule has 1 rings (SSSR count). The highest BCUT2D eigenvalue weighted by molar-refractivity contribution is 6.28. The van der Waals surface area contributed by atoms with E-state index in [4.69, 9.17) is 23.1 Å². The van der Waals surface area contributed by atoms with E-state index in [1.54, 1.807) is 0 Å². The topological polar surface area (TPSA) is 136 Å². The van der Waals surface area contributed by atoms with Crippen LogP contribution in [0.15, 0.2) is 6.20 Å². The molecule has 0 bridgehead atoms. The molecule has 86 valence electrons. The lowest BCUT2D eigenvalue weighted by Crippen LogP contribution is -2.35. The van der Waals surface area contributed by atoms with E-state index in [-0.39, 0.29) is 23.3 Å². The summed E-state index contributed by atoms with van der Waals surface area (Å²) in [5.74, 6) is -0.961. The minimum atomic E-state index is -0.772. The van der Waals surface area contributed by atoms with Crippen LogP contribution in [0, 0.1) is 0 Å². The van der Waals surface area contributed by atoms with Crippen LogP contribution in [0.2, 0.25) is 0 Å². The molecule has 6 N–H and O–H groups in total. The standard InChI is InChI=1S/C7H9ClN6O2/c8-1-4(15)13-7(16)12-3-2-11-6(10)14-5(3)9/h2H,1H2,(H4,9,10,11,14)(H2,12,13,15,16). The van der Waals surface area contributed by atoms with Crippen molar-refractivity contribution in [2.45, 2.75) is 0 Å². The monoisotopic (exact) mass is 244 g/mol. The summed E-state index contributed by atoms with van der Waals surface area (Å²) in [7, 11) is 0. The Morgan fingerprint density at radius 3 is 2.69 bits per heavy atom. The Labute approximate surface area is 95.4 Å². The molecule has 0 atom stereocenters. The van der Waals surface area contributed by atoms with Gasteiger partial charge < -0.3 is 16.8 Å². The van der Waals surface area contributed by atoms with Crippen LogP contribution in [0.5, 0.6) is 0 Å². The molecule has 0 unspecified atom stereocenters. The molecule has 0 saturated carbocycles. The molecule has 1 heterocycles. The third-order valence-electron chi connectivity index (χ3n) is 1.46. The van der Waals surface area contributed by atoms with Crippen molar-refractivity contribution in [2.24, 2.45) is 0 Å². The highest BCUT2D eigenvalue weighted by Crippen LogP contribution is 2.13. The van der Waals surface area contributed by atoms with Crippen LogP contribution in [-0.2, 0) is 4.79 Å². The molecule has 16 heavy (non-hydrogen) atoms. The molecule has 3 amide bonds. The third-order valence-corrected chi connectivity index (χ3v) is 1.70. The number of rotatable bonds is 2. The number of aromatic nitrogens is 2. The lowest BCUT2D eigenvalue weighted by molar-refractivity contribution is -0.117. The Hall–Kier alpha value is -2.09. The molecule has 0 aliphatic carbocycles. The number of hydrogen-bond donors (Lipinski definition) is 4. The van der Waals surface area contributed by atoms with E-state index in [1.807, 2.05) is 5.32 Å². The first-order valence-electron chi connectivity index (χ1n) is 4.07. The number of nitrogens with one attached hydrogen (secondary N) is 2. The molecule has 1 aromatic heterocycles. The summed E-state index contributed by atoms with van der Waals surface area (Å²) in [6.45, 7) is 0. The molecule has 0 aliphatic rings. The van der Waals surface area contributed by atoms with Gasteiger partial charge in [-0.05, 0) is 0 Å². The van der Waals surface area contributed by atoms with Crippen molar-refractivity contribution in [3.05, 3.63) is 6.20 Å². The van der Waals surface area contributed by atoms with Crippen molar-refractivity contribution in [1.82, 2.24) is 15.3 Å². The molecule has 0 radical (unpaired) electrons. The molecular weight excluding hydrogens is 236 g/mol. The first-order chi connectivity index (χ1) is 7.52. The highest BCUT2D eigenvalue weighted by Gasteiger charge is 2.09. The lowest BCUT2D eigenvalue weighted by atomic mass is 10.5. The van der Waals surface area contributed by atoms with Gasteiger partial charge >= 0.3 is 6.03 Å². The van der Waals surface area contributed by atoms with Gasteiger partial charge in [0.2, 0.25) is 11.9 Å². The average molecular weight is 245 g/mol. The van der Waals surface area contributed by atoms with Gasteiger partial charge in [0.05, 0.1) is 6.20 Å². The normalized spacial score (nSPS) is 9.56. The van der Waals surface area contributed by atoms with Crippen molar-refractivity contribution >= 4 is 41.0 Å². The van der Waals surface area contributed by atoms with Gasteiger partial charge in [0.15, 0.2) is 5.82 Å². The predicted octanol–water partition coefficient (Wildman–Crippen LogP) is -0.472. The number of nitrogens with two attached hydrogens (primary N) is 2. The maximum atomic E-state index is 11.2. The highest BCUT2D eigenvalue weighted by atomic mass is 35.5. The quantitative estimate of drug-likeness (QED) is 0.519. The number of urea groups is 1. The van der Waals surface area contributed by atoms with E-state index in [2.05, 4.69) is 15.3 Å². The molecular formula is C7H9ClN6O2. The Kier molecular flexibility index (Phi) is 3.84. The average Bonchev–Trinajstić information content (AvgIpc) is 2.22. The van der Waals surface area contributed by atoms with Crippen LogP contribution in [0.25, 0.3) is 0 Å². The number of amides is 3. The van der Waals surface area contributed by atoms with Gasteiger partial charge in [-0.1, -0.05) is 0 Å². The summed E-state index contributed by atoms with van der Waals surface area (Å²) in [5.41, 5.74) is 10.9. The number of carbonyl (C=O) groups is 2. The molecule has 0 aromatic carbocycles. The molecule has 0 spiro atoms. The van der Waals surface area contributed by atoms with Crippen LogP contribution in [0.3, 0.4) is 0 Å². The van der Waals surface area contributed by atoms with E-state index in [1.165, 1.54) is 6.20 Å². The number of imide groups is 1. The summed E-state index contributed by atoms with van der Waals surface area (Å²) in [6, 6.07) is -0.772. The fourth-order valence-electron chi connectivity index (χ4n) is 0.819. The minimum Gasteiger partial charge on any atom is -0.382 e. The number of halogens is 1. The van der Waals surface area contributed by atoms with Gasteiger partial charge in [0, 0.05) is 0 Å². The van der Waals surface area contributed by atoms with Crippen LogP contribution in [0.1, 0.15) is 0 Å². The summed E-state index contributed by atoms with van der Waals surface area (Å²) < 4.78 is 0. The van der Waals surface area contributed by atoms with Crippen LogP contribution in [0.4, 0.5) is 22.2 Å². The van der Waals surface area contributed by atoms with E-state index >= 15 is 0 Å². The zero-order valence-electron chi connectivity index (χ0n) is 8.03. The van der Waals surface area contributed by atoms with Gasteiger partial charge in [0.1, 0.15) is 11.6 Å². The number of hydrogen-bond acceptors (Lipinski definition) is 6. The maximum absolute atomic E-state index is 11.2. The predicted molar refractivity (Wildman–Crippen MR) is 58.7 cm³/mol. The zero-order valence-corrected chi connectivity index (χ0v) is 8.78. The summed E-state index contributed by atoms with van der Waals surface area (Å²) in [5, 5.41) is 4.22. The van der Waals surface area contributed by atoms with E-state index in [0.29, 0.717) is 0 Å². The summed E-state index contributed by atoms with van der Waals surface area (Å²) in [4.78, 5) is 29.2. The van der Waals surface area contributed by atoms with Crippen molar-refractivity contribution in [3.63, 3.8) is 0 Å². The molecule has 1 aromatic rings. The second-order valence-electron chi connectivity index (χ2n) is 2.66. The first kappa shape index (κ1) is 12.0. The van der Waals surface area contributed by atoms with Gasteiger partial charge in [-0.2, -0.15) is 4.98 Å². The molecule has 9 heteroatoms. The SMILES string of the molecule is Nc1ncc(NC(=O)NC(=O)CCl)c(N)n1. The van der Waals surface area contributed by atoms with Crippen molar-refractivity contribution in [1.29, 1.82) is 0 Å². The smallest absolute Gasteiger partial charge is 0.326 e. The van der Waals surface area contributed by atoms with E-state index in [9.17, 15) is 9.59 Å². The van der Waals surface area contributed by atoms with Gasteiger partial charge in [-0.3, -0.25) is 10.1 Å². The fourth-order valence-corrected chi connectivity index (χ4v) is 0.886. The van der Waals surface area contributed by atoms with Gasteiger partial charge in [-0.15, -0.1) is 11.6 Å². The largest absolute Gasteiger partial charge is 0.382 e. The van der Waals surface area contributed by atoms with Crippen molar-refractivity contribution in [2.75, 3.05) is 22.7 Å². The number of nitrogens with zero attached hydrogens (tertiary/aromatic N) is 2. The number of carbonyl (C=O) groups excluding carboxylic acids is 2. The summed E-state index contributed by atoms with van der Waals surface area (Å²) in [6.07, 6.45) is 1.22. The first-order valence-corrected chi connectivity index (χ1v) is 4.61. The zero-order chi connectivity index (χ0) is 12.1. The second-order valence-corrected chi connectivity index (χ2v) is 2.93. The molecule has 8 nitrogen and oxygen atoms in total. The van der Waals surface area contributed by atoms with Gasteiger partial charge in [0.25, 0.3) is 0 Å². The van der Waals surface area contributed by atoms with E-state index < -0.39 is 11.9 Å². The van der Waals surface area contributed by atoms with Crippen LogP contribution in [-0.4, -0.2) is 27.8 Å². The molecule has 0 saturated heterocycles. The van der Waals surface area contributed by atoms with Crippen molar-refractivity contribution in [3.8, 4) is 0 Å². The van der Waals surface area contributed by atoms with E-state index in [0.717, 1.165) is 0 Å². The van der Waals surface area contributed by atoms with Crippen molar-refractivity contribution < 1.29 is 9.59 Å². The fraction of sp³-hybridized carbons (Fsp3) is 0.143. The van der Waals surface area contributed by atoms with Crippen LogP contribution < -0.4 is 22.1 Å². The number of alkyl halides is 1.